The van der Waals surface area contributed by atoms with Gasteiger partial charge in [-0.3, -0.25) is 4.79 Å². The molecule has 0 bridgehead atoms. The van der Waals surface area contributed by atoms with Gasteiger partial charge in [0.2, 0.25) is 6.29 Å². The number of ether oxygens (including phenoxy) is 2. The molecule has 30 heavy (non-hydrogen) atoms. The average Bonchev–Trinajstić information content (AvgIpc) is 2.74. The molecule has 1 aliphatic heterocycles. The van der Waals surface area contributed by atoms with Crippen molar-refractivity contribution in [3.05, 3.63) is 53.6 Å². The largest absolute Gasteiger partial charge is 0.462 e. The molecular formula is C22H27NO7. The van der Waals surface area contributed by atoms with Crippen LogP contribution in [-0.4, -0.2) is 70.2 Å². The first kappa shape index (κ1) is 22.2. The van der Waals surface area contributed by atoms with Crippen LogP contribution in [0.3, 0.4) is 0 Å². The summed E-state index contributed by atoms with van der Waals surface area (Å²) in [6.07, 6.45) is -7.86. The fraction of sp³-hybridized carbons (Fsp3) is 0.409. The maximum absolute atomic E-state index is 11.9. The lowest BCUT2D eigenvalue weighted by atomic mass is 9.96. The van der Waals surface area contributed by atoms with Gasteiger partial charge in [-0.2, -0.15) is 0 Å². The highest BCUT2D eigenvalue weighted by Crippen LogP contribution is 2.30. The van der Waals surface area contributed by atoms with Crippen molar-refractivity contribution in [2.45, 2.75) is 50.7 Å². The molecule has 8 nitrogen and oxygen atoms in total. The van der Waals surface area contributed by atoms with E-state index in [2.05, 4.69) is 5.32 Å². The van der Waals surface area contributed by atoms with Crippen molar-refractivity contribution in [1.29, 1.82) is 0 Å². The number of hydrogen-bond acceptors (Lipinski definition) is 7. The van der Waals surface area contributed by atoms with Crippen LogP contribution in [-0.2, 0) is 4.74 Å². The summed E-state index contributed by atoms with van der Waals surface area (Å²) in [5, 5.41) is 42.6. The highest BCUT2D eigenvalue weighted by molar-refractivity contribution is 5.95. The number of aryl methyl sites for hydroxylation is 1. The third-order valence-corrected chi connectivity index (χ3v) is 5.19. The zero-order chi connectivity index (χ0) is 22.0. The minimum absolute atomic E-state index is 0.176. The van der Waals surface area contributed by atoms with Gasteiger partial charge in [-0.1, -0.05) is 18.2 Å². The van der Waals surface area contributed by atoms with E-state index in [9.17, 15) is 25.2 Å². The fourth-order valence-electron chi connectivity index (χ4n) is 3.44. The Balaban J connectivity index is 1.81. The number of hydrogen-bond donors (Lipinski definition) is 5. The number of amides is 1. The van der Waals surface area contributed by atoms with Crippen LogP contribution in [0.15, 0.2) is 42.5 Å². The molecule has 3 rings (SSSR count). The number of rotatable bonds is 5. The Morgan fingerprint density at radius 2 is 1.77 bits per heavy atom. The van der Waals surface area contributed by atoms with Gasteiger partial charge < -0.3 is 35.2 Å². The van der Waals surface area contributed by atoms with Gasteiger partial charge in [0, 0.05) is 12.6 Å². The van der Waals surface area contributed by atoms with Crippen molar-refractivity contribution in [3.8, 4) is 16.9 Å². The third kappa shape index (κ3) is 4.48. The molecule has 0 aromatic heterocycles. The van der Waals surface area contributed by atoms with Crippen molar-refractivity contribution in [3.63, 3.8) is 0 Å². The first-order valence-corrected chi connectivity index (χ1v) is 9.70. The molecule has 0 radical (unpaired) electrons. The number of nitrogens with one attached hydrogen (secondary N) is 1. The Bertz CT molecular complexity index is 901. The van der Waals surface area contributed by atoms with Gasteiger partial charge in [-0.25, -0.2) is 0 Å². The maximum atomic E-state index is 11.9. The topological polar surface area (TPSA) is 128 Å². The number of carbonyl (C=O) groups is 1. The summed E-state index contributed by atoms with van der Waals surface area (Å²) in [5.74, 6) is 0.239. The Morgan fingerprint density at radius 1 is 1.07 bits per heavy atom. The van der Waals surface area contributed by atoms with Crippen molar-refractivity contribution in [2.75, 3.05) is 7.05 Å². The minimum Gasteiger partial charge on any atom is -0.462 e. The summed E-state index contributed by atoms with van der Waals surface area (Å²) in [6, 6.07) is 12.6. The van der Waals surface area contributed by atoms with Crippen LogP contribution >= 0.6 is 0 Å². The fourth-order valence-corrected chi connectivity index (χ4v) is 3.44. The molecule has 8 heteroatoms. The Labute approximate surface area is 174 Å². The summed E-state index contributed by atoms with van der Waals surface area (Å²) in [6.45, 7) is 3.23. The molecule has 1 heterocycles. The smallest absolute Gasteiger partial charge is 0.251 e. The van der Waals surface area contributed by atoms with Crippen LogP contribution in [0, 0.1) is 6.92 Å². The zero-order valence-corrected chi connectivity index (χ0v) is 17.0. The molecule has 2 aromatic carbocycles. The highest BCUT2D eigenvalue weighted by Gasteiger charge is 2.46. The standard InChI is InChI=1S/C22H27NO7/c1-11-9-14(13-5-4-6-15(10-13)21(28)23-3)7-8-16(11)29-22-19(27)17(25)18(26)20(30-22)12(2)24/h4-10,12,17-20,22,24-27H,1-3H3,(H,23,28)/t12-,17+,18+,19+,20-,22+/m1/s1. The van der Waals surface area contributed by atoms with Crippen LogP contribution in [0.25, 0.3) is 11.1 Å². The van der Waals surface area contributed by atoms with Gasteiger partial charge in [0.05, 0.1) is 6.10 Å². The highest BCUT2D eigenvalue weighted by atomic mass is 16.7. The molecule has 1 amide bonds. The first-order valence-electron chi connectivity index (χ1n) is 9.70. The van der Waals surface area contributed by atoms with E-state index in [1.54, 1.807) is 37.4 Å². The summed E-state index contributed by atoms with van der Waals surface area (Å²) in [5.41, 5.74) is 3.01. The lowest BCUT2D eigenvalue weighted by molar-refractivity contribution is -0.286. The summed E-state index contributed by atoms with van der Waals surface area (Å²) in [4.78, 5) is 11.9. The SMILES string of the molecule is CNC(=O)c1cccc(-c2ccc(O[C@H]3O[C@H]([C@@H](C)O)[C@@H](O)[C@H](O)[C@@H]3O)c(C)c2)c1. The Morgan fingerprint density at radius 3 is 2.40 bits per heavy atom. The lowest BCUT2D eigenvalue weighted by Gasteiger charge is -2.41. The van der Waals surface area contributed by atoms with E-state index in [1.807, 2.05) is 19.1 Å². The number of aliphatic hydroxyl groups is 4. The van der Waals surface area contributed by atoms with E-state index in [0.717, 1.165) is 16.7 Å². The van der Waals surface area contributed by atoms with Crippen LogP contribution < -0.4 is 10.1 Å². The van der Waals surface area contributed by atoms with Crippen molar-refractivity contribution < 1.29 is 34.7 Å². The van der Waals surface area contributed by atoms with E-state index < -0.39 is 36.8 Å². The molecule has 1 aliphatic rings. The van der Waals surface area contributed by atoms with Gasteiger partial charge >= 0.3 is 0 Å². The molecule has 0 saturated carbocycles. The van der Waals surface area contributed by atoms with Crippen LogP contribution in [0.4, 0.5) is 0 Å². The predicted molar refractivity (Wildman–Crippen MR) is 109 cm³/mol. The number of carbonyl (C=O) groups excluding carboxylic acids is 1. The van der Waals surface area contributed by atoms with Crippen molar-refractivity contribution in [2.24, 2.45) is 0 Å². The van der Waals surface area contributed by atoms with Gasteiger partial charge in [-0.05, 0) is 54.8 Å². The second-order valence-electron chi connectivity index (χ2n) is 7.44. The van der Waals surface area contributed by atoms with E-state index in [4.69, 9.17) is 9.47 Å². The molecule has 0 aliphatic carbocycles. The van der Waals surface area contributed by atoms with E-state index in [0.29, 0.717) is 11.3 Å². The first-order chi connectivity index (χ1) is 14.2. The van der Waals surface area contributed by atoms with Crippen molar-refractivity contribution in [1.82, 2.24) is 5.32 Å². The predicted octanol–water partition coefficient (Wildman–Crippen LogP) is 0.589. The molecule has 0 spiro atoms. The quantitative estimate of drug-likeness (QED) is 0.482. The molecule has 1 saturated heterocycles. The lowest BCUT2D eigenvalue weighted by Crippen LogP contribution is -2.61. The van der Waals surface area contributed by atoms with E-state index in [-0.39, 0.29) is 5.91 Å². The normalized spacial score (nSPS) is 27.4. The summed E-state index contributed by atoms with van der Waals surface area (Å²) >= 11 is 0. The molecule has 1 fully saturated rings. The van der Waals surface area contributed by atoms with Gasteiger partial charge in [-0.15, -0.1) is 0 Å². The number of benzene rings is 2. The van der Waals surface area contributed by atoms with Crippen LogP contribution in [0.2, 0.25) is 0 Å². The zero-order valence-electron chi connectivity index (χ0n) is 17.0. The third-order valence-electron chi connectivity index (χ3n) is 5.19. The summed E-state index contributed by atoms with van der Waals surface area (Å²) < 4.78 is 11.2. The second-order valence-corrected chi connectivity index (χ2v) is 7.44. The van der Waals surface area contributed by atoms with Gasteiger partial charge in [0.25, 0.3) is 5.91 Å². The Hall–Kier alpha value is -2.49. The molecule has 6 atom stereocenters. The molecule has 2 aromatic rings. The summed E-state index contributed by atoms with van der Waals surface area (Å²) in [7, 11) is 1.57. The van der Waals surface area contributed by atoms with E-state index >= 15 is 0 Å². The van der Waals surface area contributed by atoms with Crippen molar-refractivity contribution >= 4 is 5.91 Å². The van der Waals surface area contributed by atoms with Gasteiger partial charge in [0.1, 0.15) is 30.2 Å². The van der Waals surface area contributed by atoms with E-state index in [1.165, 1.54) is 6.92 Å². The maximum Gasteiger partial charge on any atom is 0.251 e. The minimum atomic E-state index is -1.52. The van der Waals surface area contributed by atoms with Crippen LogP contribution in [0.5, 0.6) is 5.75 Å². The molecule has 5 N–H and O–H groups in total. The Kier molecular flexibility index (Phi) is 6.74. The molecule has 0 unspecified atom stereocenters. The monoisotopic (exact) mass is 417 g/mol. The molecule has 162 valence electrons. The average molecular weight is 417 g/mol. The van der Waals surface area contributed by atoms with Gasteiger partial charge in [0.15, 0.2) is 0 Å². The second kappa shape index (κ2) is 9.11. The number of aliphatic hydroxyl groups excluding tert-OH is 4. The molecular weight excluding hydrogens is 390 g/mol. The van der Waals surface area contributed by atoms with Crippen LogP contribution in [0.1, 0.15) is 22.8 Å².